The predicted molar refractivity (Wildman–Crippen MR) is 118 cm³/mol. The van der Waals surface area contributed by atoms with E-state index in [9.17, 15) is 18.0 Å². The molecule has 1 aromatic heterocycles. The average Bonchev–Trinajstić information content (AvgIpc) is 3.15. The van der Waals surface area contributed by atoms with Gasteiger partial charge in [-0.1, -0.05) is 30.3 Å². The van der Waals surface area contributed by atoms with Crippen molar-refractivity contribution in [3.8, 4) is 0 Å². The van der Waals surface area contributed by atoms with Crippen LogP contribution in [-0.4, -0.2) is 25.8 Å². The molecule has 0 unspecified atom stereocenters. The lowest BCUT2D eigenvalue weighted by atomic mass is 10.1. The SMILES string of the molecule is CC(C)(C)NC(=O)c1ccccc1NC(=O)c1ccc(CS(=O)(=O)c2ccccc2)o1. The fourth-order valence-electron chi connectivity index (χ4n) is 2.86. The van der Waals surface area contributed by atoms with E-state index < -0.39 is 21.3 Å². The Hall–Kier alpha value is -3.39. The lowest BCUT2D eigenvalue weighted by Gasteiger charge is -2.21. The van der Waals surface area contributed by atoms with E-state index in [-0.39, 0.29) is 28.1 Å². The van der Waals surface area contributed by atoms with Gasteiger partial charge in [-0.05, 0) is 57.2 Å². The van der Waals surface area contributed by atoms with Crippen LogP contribution < -0.4 is 10.6 Å². The number of hydrogen-bond donors (Lipinski definition) is 2. The average molecular weight is 441 g/mol. The normalized spacial score (nSPS) is 11.7. The Morgan fingerprint density at radius 2 is 1.52 bits per heavy atom. The van der Waals surface area contributed by atoms with Crippen LogP contribution in [0.15, 0.2) is 76.0 Å². The molecule has 8 heteroatoms. The van der Waals surface area contributed by atoms with Crippen LogP contribution in [0.4, 0.5) is 5.69 Å². The highest BCUT2D eigenvalue weighted by molar-refractivity contribution is 7.90. The number of amides is 2. The van der Waals surface area contributed by atoms with Gasteiger partial charge in [0.15, 0.2) is 15.6 Å². The highest BCUT2D eigenvalue weighted by Gasteiger charge is 2.21. The maximum atomic E-state index is 12.6. The Labute approximate surface area is 181 Å². The maximum absolute atomic E-state index is 12.6. The molecular weight excluding hydrogens is 416 g/mol. The van der Waals surface area contributed by atoms with Gasteiger partial charge in [-0.15, -0.1) is 0 Å². The van der Waals surface area contributed by atoms with E-state index in [0.29, 0.717) is 11.3 Å². The summed E-state index contributed by atoms with van der Waals surface area (Å²) in [6, 6.07) is 17.5. The molecule has 2 N–H and O–H groups in total. The van der Waals surface area contributed by atoms with Crippen LogP contribution in [0, 0.1) is 0 Å². The molecule has 0 spiro atoms. The van der Waals surface area contributed by atoms with Gasteiger partial charge < -0.3 is 15.1 Å². The molecule has 0 aliphatic carbocycles. The summed E-state index contributed by atoms with van der Waals surface area (Å²) in [5, 5.41) is 5.51. The predicted octanol–water partition coefficient (Wildman–Crippen LogP) is 4.03. The number of furan rings is 1. The van der Waals surface area contributed by atoms with Gasteiger partial charge in [0.1, 0.15) is 11.5 Å². The molecule has 0 aliphatic rings. The minimum Gasteiger partial charge on any atom is -0.455 e. The molecule has 0 atom stereocenters. The van der Waals surface area contributed by atoms with Crippen molar-refractivity contribution in [3.63, 3.8) is 0 Å². The summed E-state index contributed by atoms with van der Waals surface area (Å²) < 4.78 is 30.5. The van der Waals surface area contributed by atoms with Gasteiger partial charge in [0.2, 0.25) is 0 Å². The molecule has 0 radical (unpaired) electrons. The summed E-state index contributed by atoms with van der Waals surface area (Å²) in [4.78, 5) is 25.4. The topological polar surface area (TPSA) is 105 Å². The Bertz CT molecular complexity index is 1190. The number of nitrogens with one attached hydrogen (secondary N) is 2. The van der Waals surface area contributed by atoms with Gasteiger partial charge in [0.05, 0.1) is 16.1 Å². The standard InChI is InChI=1S/C23H24N2O5S/c1-23(2,3)25-21(26)18-11-7-8-12-19(18)24-22(27)20-14-13-16(30-20)15-31(28,29)17-9-5-4-6-10-17/h4-14H,15H2,1-3H3,(H,24,27)(H,25,26). The van der Waals surface area contributed by atoms with E-state index in [1.165, 1.54) is 24.3 Å². The third-order valence-electron chi connectivity index (χ3n) is 4.23. The monoisotopic (exact) mass is 440 g/mol. The number of para-hydroxylation sites is 1. The summed E-state index contributed by atoms with van der Waals surface area (Å²) in [5.41, 5.74) is 0.197. The Morgan fingerprint density at radius 3 is 2.19 bits per heavy atom. The molecular formula is C23H24N2O5S. The zero-order valence-electron chi connectivity index (χ0n) is 17.5. The number of rotatable bonds is 6. The maximum Gasteiger partial charge on any atom is 0.291 e. The van der Waals surface area contributed by atoms with Crippen molar-refractivity contribution in [2.45, 2.75) is 37.0 Å². The molecule has 0 saturated carbocycles. The fourth-order valence-corrected chi connectivity index (χ4v) is 4.13. The second kappa shape index (κ2) is 8.77. The van der Waals surface area contributed by atoms with Crippen LogP contribution in [0.25, 0.3) is 0 Å². The zero-order chi connectivity index (χ0) is 22.6. The van der Waals surface area contributed by atoms with Crippen molar-refractivity contribution in [1.82, 2.24) is 5.32 Å². The van der Waals surface area contributed by atoms with Crippen molar-refractivity contribution >= 4 is 27.3 Å². The molecule has 3 aromatic rings. The van der Waals surface area contributed by atoms with E-state index in [1.54, 1.807) is 42.5 Å². The molecule has 162 valence electrons. The number of sulfone groups is 1. The summed E-state index contributed by atoms with van der Waals surface area (Å²) in [7, 11) is -3.60. The molecule has 2 amide bonds. The number of carbonyl (C=O) groups excluding carboxylic acids is 2. The first-order valence-corrected chi connectivity index (χ1v) is 11.3. The summed E-state index contributed by atoms with van der Waals surface area (Å²) in [5.74, 6) is -1.18. The highest BCUT2D eigenvalue weighted by atomic mass is 32.2. The van der Waals surface area contributed by atoms with Gasteiger partial charge in [-0.25, -0.2) is 8.42 Å². The minimum atomic E-state index is -3.60. The van der Waals surface area contributed by atoms with Crippen molar-refractivity contribution in [2.75, 3.05) is 5.32 Å². The second-order valence-electron chi connectivity index (χ2n) is 8.04. The molecule has 1 heterocycles. The third-order valence-corrected chi connectivity index (χ3v) is 5.88. The van der Waals surface area contributed by atoms with Gasteiger partial charge in [-0.2, -0.15) is 0 Å². The largest absolute Gasteiger partial charge is 0.455 e. The van der Waals surface area contributed by atoms with Crippen molar-refractivity contribution in [2.24, 2.45) is 0 Å². The summed E-state index contributed by atoms with van der Waals surface area (Å²) in [6.07, 6.45) is 0. The molecule has 31 heavy (non-hydrogen) atoms. The van der Waals surface area contributed by atoms with Gasteiger partial charge >= 0.3 is 0 Å². The first-order chi connectivity index (χ1) is 14.5. The minimum absolute atomic E-state index is 0.0516. The molecule has 3 rings (SSSR count). The van der Waals surface area contributed by atoms with E-state index in [4.69, 9.17) is 4.42 Å². The number of hydrogen-bond acceptors (Lipinski definition) is 5. The van der Waals surface area contributed by atoms with Crippen molar-refractivity contribution in [1.29, 1.82) is 0 Å². The molecule has 7 nitrogen and oxygen atoms in total. The van der Waals surface area contributed by atoms with Crippen LogP contribution in [0.2, 0.25) is 0 Å². The molecule has 0 bridgehead atoms. The van der Waals surface area contributed by atoms with Crippen LogP contribution >= 0.6 is 0 Å². The molecule has 0 fully saturated rings. The fraction of sp³-hybridized carbons (Fsp3) is 0.217. The van der Waals surface area contributed by atoms with Crippen LogP contribution in [0.1, 0.15) is 47.4 Å². The van der Waals surface area contributed by atoms with Crippen LogP contribution in [0.3, 0.4) is 0 Å². The Kier molecular flexibility index (Phi) is 6.31. The lowest BCUT2D eigenvalue weighted by Crippen LogP contribution is -2.40. The Morgan fingerprint density at radius 1 is 0.871 bits per heavy atom. The molecule has 0 aliphatic heterocycles. The van der Waals surface area contributed by atoms with Crippen LogP contribution in [0.5, 0.6) is 0 Å². The van der Waals surface area contributed by atoms with E-state index in [1.807, 2.05) is 20.8 Å². The van der Waals surface area contributed by atoms with Crippen LogP contribution in [-0.2, 0) is 15.6 Å². The van der Waals surface area contributed by atoms with Gasteiger partial charge in [0, 0.05) is 5.54 Å². The zero-order valence-corrected chi connectivity index (χ0v) is 18.3. The van der Waals surface area contributed by atoms with Crippen molar-refractivity contribution in [3.05, 3.63) is 83.8 Å². The summed E-state index contributed by atoms with van der Waals surface area (Å²) in [6.45, 7) is 5.58. The Balaban J connectivity index is 1.75. The third kappa shape index (κ3) is 5.82. The first kappa shape index (κ1) is 22.3. The van der Waals surface area contributed by atoms with E-state index in [2.05, 4.69) is 10.6 Å². The van der Waals surface area contributed by atoms with E-state index in [0.717, 1.165) is 0 Å². The number of carbonyl (C=O) groups is 2. The first-order valence-electron chi connectivity index (χ1n) is 9.64. The van der Waals surface area contributed by atoms with E-state index >= 15 is 0 Å². The number of anilines is 1. The second-order valence-corrected chi connectivity index (χ2v) is 10.0. The molecule has 2 aromatic carbocycles. The number of benzene rings is 2. The highest BCUT2D eigenvalue weighted by Crippen LogP contribution is 2.21. The van der Waals surface area contributed by atoms with Gasteiger partial charge in [0.25, 0.3) is 11.8 Å². The summed E-state index contributed by atoms with van der Waals surface area (Å²) >= 11 is 0. The van der Waals surface area contributed by atoms with Gasteiger partial charge in [-0.3, -0.25) is 9.59 Å². The molecule has 0 saturated heterocycles. The van der Waals surface area contributed by atoms with Crippen molar-refractivity contribution < 1.29 is 22.4 Å². The smallest absolute Gasteiger partial charge is 0.291 e. The lowest BCUT2D eigenvalue weighted by molar-refractivity contribution is 0.0920. The quantitative estimate of drug-likeness (QED) is 0.602.